The third-order valence-corrected chi connectivity index (χ3v) is 6.05. The van der Waals surface area contributed by atoms with E-state index in [0.29, 0.717) is 17.1 Å². The number of piperidine rings is 1. The maximum Gasteiger partial charge on any atom is 0.244 e. The van der Waals surface area contributed by atoms with Crippen LogP contribution in [0.5, 0.6) is 0 Å². The Labute approximate surface area is 191 Å². The van der Waals surface area contributed by atoms with Gasteiger partial charge in [-0.1, -0.05) is 12.1 Å². The van der Waals surface area contributed by atoms with E-state index in [9.17, 15) is 19.2 Å². The van der Waals surface area contributed by atoms with Crippen LogP contribution in [0.25, 0.3) is 0 Å². The van der Waals surface area contributed by atoms with E-state index in [0.717, 1.165) is 31.6 Å². The minimum Gasteiger partial charge on any atom is -0.371 e. The molecule has 4 amide bonds. The Morgan fingerprint density at radius 3 is 2.39 bits per heavy atom. The number of nitrogens with one attached hydrogen (secondary N) is 2. The predicted molar refractivity (Wildman–Crippen MR) is 126 cm³/mol. The summed E-state index contributed by atoms with van der Waals surface area (Å²) < 4.78 is 0. The highest BCUT2D eigenvalue weighted by atomic mass is 16.2. The van der Waals surface area contributed by atoms with E-state index >= 15 is 0 Å². The van der Waals surface area contributed by atoms with Crippen LogP contribution in [0.1, 0.15) is 25.7 Å². The molecule has 9 heteroatoms. The first-order valence-electron chi connectivity index (χ1n) is 11.0. The van der Waals surface area contributed by atoms with E-state index in [2.05, 4.69) is 15.5 Å². The molecule has 9 nitrogen and oxygen atoms in total. The molecular formula is C24H27N5O4. The number of hydrogen-bond acceptors (Lipinski definition) is 5. The van der Waals surface area contributed by atoms with Crippen LogP contribution in [-0.4, -0.2) is 43.3 Å². The summed E-state index contributed by atoms with van der Waals surface area (Å²) in [6.07, 6.45) is 1.50. The second-order valence-electron chi connectivity index (χ2n) is 8.30. The summed E-state index contributed by atoms with van der Waals surface area (Å²) in [7, 11) is 0. The highest BCUT2D eigenvalue weighted by molar-refractivity contribution is 6.10. The van der Waals surface area contributed by atoms with Crippen molar-refractivity contribution in [2.45, 2.75) is 25.7 Å². The Morgan fingerprint density at radius 2 is 1.70 bits per heavy atom. The zero-order chi connectivity index (χ0) is 23.4. The van der Waals surface area contributed by atoms with Gasteiger partial charge in [-0.25, -0.2) is 0 Å². The Hall–Kier alpha value is -3.88. The molecule has 0 saturated carbocycles. The number of nitrogens with zero attached hydrogens (tertiary/aromatic N) is 2. The molecule has 2 aromatic carbocycles. The topological polar surface area (TPSA) is 125 Å². The summed E-state index contributed by atoms with van der Waals surface area (Å²) in [4.78, 5) is 51.9. The van der Waals surface area contributed by atoms with Crippen molar-refractivity contribution in [1.82, 2.24) is 0 Å². The highest BCUT2D eigenvalue weighted by Crippen LogP contribution is 2.29. The molecule has 0 aliphatic carbocycles. The lowest BCUT2D eigenvalue weighted by Gasteiger charge is -2.32. The maximum atomic E-state index is 12.7. The number of nitrogens with two attached hydrogens (primary N) is 1. The van der Waals surface area contributed by atoms with Crippen LogP contribution < -0.4 is 26.2 Å². The summed E-state index contributed by atoms with van der Waals surface area (Å²) >= 11 is 0. The van der Waals surface area contributed by atoms with Gasteiger partial charge in [0.25, 0.3) is 0 Å². The summed E-state index contributed by atoms with van der Waals surface area (Å²) in [5.41, 5.74) is 8.28. The molecule has 172 valence electrons. The van der Waals surface area contributed by atoms with Gasteiger partial charge in [0.15, 0.2) is 0 Å². The van der Waals surface area contributed by atoms with E-state index in [1.54, 1.807) is 24.3 Å². The number of benzene rings is 2. The van der Waals surface area contributed by atoms with Gasteiger partial charge >= 0.3 is 0 Å². The van der Waals surface area contributed by atoms with Gasteiger partial charge in [0.1, 0.15) is 6.54 Å². The summed E-state index contributed by atoms with van der Waals surface area (Å²) in [5.74, 6) is -1.10. The van der Waals surface area contributed by atoms with Crippen LogP contribution >= 0.6 is 0 Å². The average molecular weight is 450 g/mol. The quantitative estimate of drug-likeness (QED) is 0.623. The predicted octanol–water partition coefficient (Wildman–Crippen LogP) is 2.09. The van der Waals surface area contributed by atoms with Crippen molar-refractivity contribution in [3.63, 3.8) is 0 Å². The molecule has 0 aromatic heterocycles. The van der Waals surface area contributed by atoms with Gasteiger partial charge in [0.05, 0.1) is 11.4 Å². The molecule has 4 N–H and O–H groups in total. The SMILES string of the molecule is NC(=O)C1CCN(c2ccc(NC(=O)CCC(=O)N3CC(=O)Nc4ccccc43)cc2)CC1. The fourth-order valence-electron chi connectivity index (χ4n) is 4.21. The zero-order valence-electron chi connectivity index (χ0n) is 18.3. The number of para-hydroxylation sites is 2. The number of rotatable bonds is 6. The lowest BCUT2D eigenvalue weighted by atomic mass is 9.96. The molecule has 1 fully saturated rings. The van der Waals surface area contributed by atoms with Crippen molar-refractivity contribution >= 4 is 46.4 Å². The van der Waals surface area contributed by atoms with Crippen LogP contribution in [-0.2, 0) is 19.2 Å². The van der Waals surface area contributed by atoms with Crippen LogP contribution in [0.3, 0.4) is 0 Å². The molecule has 0 bridgehead atoms. The van der Waals surface area contributed by atoms with Crippen LogP contribution in [0, 0.1) is 5.92 Å². The smallest absolute Gasteiger partial charge is 0.244 e. The van der Waals surface area contributed by atoms with Gasteiger partial charge in [0.2, 0.25) is 23.6 Å². The summed E-state index contributed by atoms with van der Waals surface area (Å²) in [5, 5.41) is 5.55. The van der Waals surface area contributed by atoms with Crippen LogP contribution in [0.4, 0.5) is 22.7 Å². The van der Waals surface area contributed by atoms with Crippen molar-refractivity contribution in [2.75, 3.05) is 40.1 Å². The third kappa shape index (κ3) is 5.31. The van der Waals surface area contributed by atoms with Gasteiger partial charge in [-0.05, 0) is 49.2 Å². The second-order valence-corrected chi connectivity index (χ2v) is 8.30. The molecule has 0 unspecified atom stereocenters. The molecule has 4 rings (SSSR count). The molecule has 2 aromatic rings. The zero-order valence-corrected chi connectivity index (χ0v) is 18.3. The minimum absolute atomic E-state index is 0.000336. The van der Waals surface area contributed by atoms with Gasteiger partial charge in [-0.2, -0.15) is 0 Å². The largest absolute Gasteiger partial charge is 0.371 e. The lowest BCUT2D eigenvalue weighted by molar-refractivity contribution is -0.124. The fourth-order valence-corrected chi connectivity index (χ4v) is 4.21. The van der Waals surface area contributed by atoms with Crippen molar-refractivity contribution in [3.8, 4) is 0 Å². The molecular weight excluding hydrogens is 422 g/mol. The summed E-state index contributed by atoms with van der Waals surface area (Å²) in [6.45, 7) is 1.47. The second kappa shape index (κ2) is 9.72. The monoisotopic (exact) mass is 449 g/mol. The maximum absolute atomic E-state index is 12.7. The third-order valence-electron chi connectivity index (χ3n) is 6.05. The molecule has 0 radical (unpaired) electrons. The number of primary amides is 1. The first kappa shape index (κ1) is 22.3. The molecule has 2 aliphatic heterocycles. The Bertz CT molecular complexity index is 1060. The first-order valence-corrected chi connectivity index (χ1v) is 11.0. The van der Waals surface area contributed by atoms with Crippen molar-refractivity contribution in [1.29, 1.82) is 0 Å². The Morgan fingerprint density at radius 1 is 1.00 bits per heavy atom. The van der Waals surface area contributed by atoms with Gasteiger partial charge in [0, 0.05) is 43.2 Å². The fraction of sp³-hybridized carbons (Fsp3) is 0.333. The number of fused-ring (bicyclic) bond motifs is 1. The van der Waals surface area contributed by atoms with Crippen LogP contribution in [0.2, 0.25) is 0 Å². The number of carbonyl (C=O) groups excluding carboxylic acids is 4. The number of amides is 4. The lowest BCUT2D eigenvalue weighted by Crippen LogP contribution is -2.42. The van der Waals surface area contributed by atoms with E-state index < -0.39 is 0 Å². The van der Waals surface area contributed by atoms with E-state index in [-0.39, 0.29) is 48.9 Å². The molecule has 2 aliphatic rings. The standard InChI is InChI=1S/C24H27N5O4/c25-24(33)16-11-13-28(14-12-16)18-7-5-17(6-8-18)26-21(30)9-10-23(32)29-15-22(31)27-19-3-1-2-4-20(19)29/h1-8,16H,9-15H2,(H2,25,33)(H,26,30)(H,27,31). The molecule has 0 spiro atoms. The minimum atomic E-state index is -0.276. The molecule has 1 saturated heterocycles. The number of anilines is 4. The van der Waals surface area contributed by atoms with E-state index in [1.807, 2.05) is 24.3 Å². The van der Waals surface area contributed by atoms with Crippen molar-refractivity contribution in [2.24, 2.45) is 11.7 Å². The number of hydrogen-bond donors (Lipinski definition) is 3. The van der Waals surface area contributed by atoms with Crippen molar-refractivity contribution < 1.29 is 19.2 Å². The molecule has 33 heavy (non-hydrogen) atoms. The molecule has 0 atom stereocenters. The van der Waals surface area contributed by atoms with Gasteiger partial charge in [-0.3, -0.25) is 19.2 Å². The van der Waals surface area contributed by atoms with E-state index in [1.165, 1.54) is 4.90 Å². The van der Waals surface area contributed by atoms with Crippen molar-refractivity contribution in [3.05, 3.63) is 48.5 Å². The average Bonchev–Trinajstić information content (AvgIpc) is 2.82. The van der Waals surface area contributed by atoms with Crippen LogP contribution in [0.15, 0.2) is 48.5 Å². The van der Waals surface area contributed by atoms with Gasteiger partial charge < -0.3 is 26.2 Å². The first-order chi connectivity index (χ1) is 15.9. The number of carbonyl (C=O) groups is 4. The Balaban J connectivity index is 1.28. The Kier molecular flexibility index (Phi) is 6.58. The van der Waals surface area contributed by atoms with Gasteiger partial charge in [-0.15, -0.1) is 0 Å². The summed E-state index contributed by atoms with van der Waals surface area (Å²) in [6, 6.07) is 14.6. The van der Waals surface area contributed by atoms with E-state index in [4.69, 9.17) is 5.73 Å². The molecule has 2 heterocycles. The highest BCUT2D eigenvalue weighted by Gasteiger charge is 2.27. The normalized spacial score (nSPS) is 16.1.